The minimum Gasteiger partial charge on any atom is -0.493 e. The molecule has 0 bridgehead atoms. The van der Waals surface area contributed by atoms with Gasteiger partial charge in [-0.2, -0.15) is 0 Å². The third-order valence-electron chi connectivity index (χ3n) is 4.17. The number of benzene rings is 2. The van der Waals surface area contributed by atoms with Gasteiger partial charge in [0.2, 0.25) is 0 Å². The van der Waals surface area contributed by atoms with E-state index in [2.05, 4.69) is 43.4 Å². The molecule has 0 saturated carbocycles. The van der Waals surface area contributed by atoms with E-state index in [1.54, 1.807) is 14.2 Å². The van der Waals surface area contributed by atoms with Crippen molar-refractivity contribution in [1.29, 1.82) is 0 Å². The fourth-order valence-corrected chi connectivity index (χ4v) is 3.11. The van der Waals surface area contributed by atoms with Crippen molar-refractivity contribution in [3.63, 3.8) is 0 Å². The summed E-state index contributed by atoms with van der Waals surface area (Å²) in [4.78, 5) is 0. The van der Waals surface area contributed by atoms with Gasteiger partial charge < -0.3 is 14.8 Å². The van der Waals surface area contributed by atoms with Crippen LogP contribution in [0.15, 0.2) is 30.3 Å². The number of fused-ring (bicyclic) bond motifs is 1. The molecule has 0 radical (unpaired) electrons. The van der Waals surface area contributed by atoms with E-state index in [0.717, 1.165) is 17.9 Å². The summed E-state index contributed by atoms with van der Waals surface area (Å²) >= 11 is 0. The van der Waals surface area contributed by atoms with Gasteiger partial charge in [-0.3, -0.25) is 0 Å². The molecular weight excluding hydrogens is 262 g/mol. The maximum atomic E-state index is 5.40. The zero-order valence-corrected chi connectivity index (χ0v) is 13.0. The first-order valence-corrected chi connectivity index (χ1v) is 7.21. The Morgan fingerprint density at radius 3 is 2.48 bits per heavy atom. The fourth-order valence-electron chi connectivity index (χ4n) is 3.11. The highest BCUT2D eigenvalue weighted by Gasteiger charge is 2.24. The van der Waals surface area contributed by atoms with E-state index >= 15 is 0 Å². The Balaban J connectivity index is 1.92. The molecule has 0 fully saturated rings. The minimum absolute atomic E-state index is 0.292. The lowest BCUT2D eigenvalue weighted by atomic mass is 9.98. The van der Waals surface area contributed by atoms with E-state index in [1.165, 1.54) is 27.9 Å². The molecule has 0 aromatic heterocycles. The second-order valence-corrected chi connectivity index (χ2v) is 5.62. The lowest BCUT2D eigenvalue weighted by Crippen LogP contribution is -2.06. The van der Waals surface area contributed by atoms with E-state index in [4.69, 9.17) is 9.47 Å². The molecule has 1 heterocycles. The number of nitrogens with one attached hydrogen (secondary N) is 1. The Morgan fingerprint density at radius 2 is 1.76 bits per heavy atom. The number of hydrogen-bond donors (Lipinski definition) is 1. The van der Waals surface area contributed by atoms with E-state index in [0.29, 0.717) is 6.04 Å². The van der Waals surface area contributed by atoms with Gasteiger partial charge in [-0.15, -0.1) is 0 Å². The Bertz CT molecular complexity index is 679. The summed E-state index contributed by atoms with van der Waals surface area (Å²) < 4.78 is 10.7. The van der Waals surface area contributed by atoms with Crippen molar-refractivity contribution in [3.05, 3.63) is 52.6 Å². The smallest absolute Gasteiger partial charge is 0.161 e. The van der Waals surface area contributed by atoms with Gasteiger partial charge >= 0.3 is 0 Å². The molecule has 0 saturated heterocycles. The molecule has 0 amide bonds. The van der Waals surface area contributed by atoms with Crippen LogP contribution in [0.4, 0.5) is 5.69 Å². The standard InChI is InChI=1S/C18H21NO2/c1-11-7-12(2)14-10-15(19-16(14)8-11)13-5-6-17(20-3)18(9-13)21-4/h5-9,15,19H,10H2,1-4H3. The number of methoxy groups -OCH3 is 2. The molecule has 110 valence electrons. The summed E-state index contributed by atoms with van der Waals surface area (Å²) in [5.41, 5.74) is 6.56. The molecule has 0 spiro atoms. The first-order valence-electron chi connectivity index (χ1n) is 7.21. The molecule has 1 N–H and O–H groups in total. The molecule has 1 unspecified atom stereocenters. The van der Waals surface area contributed by atoms with Gasteiger partial charge in [-0.25, -0.2) is 0 Å². The third kappa shape index (κ3) is 2.44. The molecule has 2 aromatic carbocycles. The molecule has 1 aliphatic heterocycles. The summed E-state index contributed by atoms with van der Waals surface area (Å²) in [6.45, 7) is 4.32. The van der Waals surface area contributed by atoms with Crippen LogP contribution in [0.5, 0.6) is 11.5 Å². The molecular formula is C18H21NO2. The molecule has 2 aromatic rings. The van der Waals surface area contributed by atoms with E-state index in [-0.39, 0.29) is 0 Å². The Hall–Kier alpha value is -2.16. The summed E-state index contributed by atoms with van der Waals surface area (Å²) in [5, 5.41) is 3.62. The second-order valence-electron chi connectivity index (χ2n) is 5.62. The highest BCUT2D eigenvalue weighted by Crippen LogP contribution is 2.39. The van der Waals surface area contributed by atoms with Crippen molar-refractivity contribution >= 4 is 5.69 Å². The number of rotatable bonds is 3. The highest BCUT2D eigenvalue weighted by atomic mass is 16.5. The topological polar surface area (TPSA) is 30.5 Å². The van der Waals surface area contributed by atoms with Gasteiger partial charge in [0.05, 0.1) is 20.3 Å². The lowest BCUT2D eigenvalue weighted by molar-refractivity contribution is 0.354. The Labute approximate surface area is 125 Å². The van der Waals surface area contributed by atoms with Crippen LogP contribution in [0.3, 0.4) is 0 Å². The molecule has 3 rings (SSSR count). The van der Waals surface area contributed by atoms with Crippen molar-refractivity contribution < 1.29 is 9.47 Å². The Morgan fingerprint density at radius 1 is 1.00 bits per heavy atom. The van der Waals surface area contributed by atoms with Crippen molar-refractivity contribution in [2.75, 3.05) is 19.5 Å². The average Bonchev–Trinajstić information content (AvgIpc) is 2.90. The Kier molecular flexibility index (Phi) is 3.50. The molecule has 3 heteroatoms. The number of hydrogen-bond acceptors (Lipinski definition) is 3. The van der Waals surface area contributed by atoms with Crippen molar-refractivity contribution in [3.8, 4) is 11.5 Å². The SMILES string of the molecule is COc1ccc(C2Cc3c(C)cc(C)cc3N2)cc1OC. The number of ether oxygens (including phenoxy) is 2. The second kappa shape index (κ2) is 5.32. The van der Waals surface area contributed by atoms with Gasteiger partial charge in [0.25, 0.3) is 0 Å². The fraction of sp³-hybridized carbons (Fsp3) is 0.333. The predicted octanol–water partition coefficient (Wildman–Crippen LogP) is 4.03. The van der Waals surface area contributed by atoms with E-state index in [9.17, 15) is 0 Å². The third-order valence-corrected chi connectivity index (χ3v) is 4.17. The molecule has 0 aliphatic carbocycles. The van der Waals surface area contributed by atoms with Crippen LogP contribution in [0.1, 0.15) is 28.3 Å². The predicted molar refractivity (Wildman–Crippen MR) is 85.5 cm³/mol. The van der Waals surface area contributed by atoms with Crippen molar-refractivity contribution in [1.82, 2.24) is 0 Å². The summed E-state index contributed by atoms with van der Waals surface area (Å²) in [6.07, 6.45) is 1.01. The van der Waals surface area contributed by atoms with Crippen LogP contribution in [0, 0.1) is 13.8 Å². The summed E-state index contributed by atoms with van der Waals surface area (Å²) in [7, 11) is 3.33. The van der Waals surface area contributed by atoms with Gasteiger partial charge in [-0.1, -0.05) is 12.1 Å². The molecule has 3 nitrogen and oxygen atoms in total. The zero-order chi connectivity index (χ0) is 15.0. The van der Waals surface area contributed by atoms with Gasteiger partial charge in [-0.05, 0) is 60.7 Å². The first-order chi connectivity index (χ1) is 10.1. The van der Waals surface area contributed by atoms with Crippen molar-refractivity contribution in [2.24, 2.45) is 0 Å². The molecule has 1 aliphatic rings. The van der Waals surface area contributed by atoms with Gasteiger partial charge in [0, 0.05) is 5.69 Å². The average molecular weight is 283 g/mol. The van der Waals surface area contributed by atoms with Crippen LogP contribution in [0.25, 0.3) is 0 Å². The van der Waals surface area contributed by atoms with Crippen LogP contribution < -0.4 is 14.8 Å². The molecule has 21 heavy (non-hydrogen) atoms. The van der Waals surface area contributed by atoms with Gasteiger partial charge in [0.1, 0.15) is 0 Å². The zero-order valence-electron chi connectivity index (χ0n) is 13.0. The number of anilines is 1. The van der Waals surface area contributed by atoms with Crippen molar-refractivity contribution in [2.45, 2.75) is 26.3 Å². The van der Waals surface area contributed by atoms with Gasteiger partial charge in [0.15, 0.2) is 11.5 Å². The summed E-state index contributed by atoms with van der Waals surface area (Å²) in [6, 6.07) is 10.9. The largest absolute Gasteiger partial charge is 0.493 e. The quantitative estimate of drug-likeness (QED) is 0.922. The van der Waals surface area contributed by atoms with Crippen LogP contribution in [-0.4, -0.2) is 14.2 Å². The molecule has 1 atom stereocenters. The highest BCUT2D eigenvalue weighted by molar-refractivity contribution is 5.63. The monoisotopic (exact) mass is 283 g/mol. The maximum Gasteiger partial charge on any atom is 0.161 e. The maximum absolute atomic E-state index is 5.40. The van der Waals surface area contributed by atoms with Crippen LogP contribution in [0.2, 0.25) is 0 Å². The number of aryl methyl sites for hydroxylation is 2. The lowest BCUT2D eigenvalue weighted by Gasteiger charge is -2.15. The van der Waals surface area contributed by atoms with Crippen LogP contribution >= 0.6 is 0 Å². The normalized spacial score (nSPS) is 16.3. The van der Waals surface area contributed by atoms with E-state index in [1.807, 2.05) is 6.07 Å². The van der Waals surface area contributed by atoms with E-state index < -0.39 is 0 Å². The minimum atomic E-state index is 0.292. The van der Waals surface area contributed by atoms with Crippen LogP contribution in [-0.2, 0) is 6.42 Å². The summed E-state index contributed by atoms with van der Waals surface area (Å²) in [5.74, 6) is 1.55. The first kappa shape index (κ1) is 13.8.